The molecule has 2 N–H and O–H groups in total. The van der Waals surface area contributed by atoms with Gasteiger partial charge in [-0.3, -0.25) is 4.98 Å². The second kappa shape index (κ2) is 6.06. The van der Waals surface area contributed by atoms with Crippen molar-refractivity contribution in [3.63, 3.8) is 0 Å². The van der Waals surface area contributed by atoms with E-state index in [0.717, 1.165) is 11.3 Å². The van der Waals surface area contributed by atoms with E-state index in [-0.39, 0.29) is 6.61 Å². The number of hydrogen-bond donors (Lipinski definition) is 1. The van der Waals surface area contributed by atoms with Gasteiger partial charge in [-0.2, -0.15) is 0 Å². The number of anilines is 1. The Kier molecular flexibility index (Phi) is 4.20. The number of methoxy groups -OCH3 is 1. The van der Waals surface area contributed by atoms with Crippen LogP contribution in [0.15, 0.2) is 36.5 Å². The number of nitrogen functional groups attached to an aromatic ring is 1. The topological polar surface area (TPSA) is 74.4 Å². The van der Waals surface area contributed by atoms with E-state index in [0.29, 0.717) is 17.0 Å². The molecule has 0 bridgehead atoms. The van der Waals surface area contributed by atoms with Crippen LogP contribution in [0.5, 0.6) is 5.75 Å². The molecule has 20 heavy (non-hydrogen) atoms. The van der Waals surface area contributed by atoms with E-state index in [1.165, 1.54) is 7.11 Å². The van der Waals surface area contributed by atoms with Gasteiger partial charge in [0.25, 0.3) is 0 Å². The second-order valence-electron chi connectivity index (χ2n) is 4.30. The van der Waals surface area contributed by atoms with Gasteiger partial charge >= 0.3 is 5.97 Å². The Morgan fingerprint density at radius 1 is 1.35 bits per heavy atom. The molecular weight excluding hydrogens is 256 g/mol. The number of nitrogens with two attached hydrogens (primary N) is 1. The summed E-state index contributed by atoms with van der Waals surface area (Å²) in [6.07, 6.45) is 1.70. The molecule has 2 aromatic rings. The number of ether oxygens (including phenoxy) is 2. The fraction of sp³-hybridized carbons (Fsp3) is 0.200. The lowest BCUT2D eigenvalue weighted by Gasteiger charge is -2.11. The number of rotatable bonds is 4. The van der Waals surface area contributed by atoms with Crippen LogP contribution in [0.3, 0.4) is 0 Å². The lowest BCUT2D eigenvalue weighted by atomic mass is 10.2. The largest absolute Gasteiger partial charge is 0.486 e. The van der Waals surface area contributed by atoms with E-state index in [9.17, 15) is 4.79 Å². The summed E-state index contributed by atoms with van der Waals surface area (Å²) in [6.45, 7) is 2.21. The SMILES string of the molecule is COC(=O)c1ccc(N)cc1OCc1ncccc1C. The Labute approximate surface area is 117 Å². The maximum Gasteiger partial charge on any atom is 0.341 e. The highest BCUT2D eigenvalue weighted by molar-refractivity contribution is 5.93. The number of aryl methyl sites for hydroxylation is 1. The van der Waals surface area contributed by atoms with Crippen molar-refractivity contribution in [1.82, 2.24) is 4.98 Å². The fourth-order valence-electron chi connectivity index (χ4n) is 1.75. The van der Waals surface area contributed by atoms with Crippen LogP contribution >= 0.6 is 0 Å². The number of aromatic nitrogens is 1. The van der Waals surface area contributed by atoms with E-state index >= 15 is 0 Å². The average Bonchev–Trinajstić information content (AvgIpc) is 2.46. The van der Waals surface area contributed by atoms with Crippen LogP contribution in [-0.4, -0.2) is 18.1 Å². The molecule has 2 rings (SSSR count). The smallest absolute Gasteiger partial charge is 0.341 e. The van der Waals surface area contributed by atoms with Crippen LogP contribution in [0.2, 0.25) is 0 Å². The number of hydrogen-bond acceptors (Lipinski definition) is 5. The first-order valence-electron chi connectivity index (χ1n) is 6.13. The van der Waals surface area contributed by atoms with Crippen LogP contribution in [0.25, 0.3) is 0 Å². The van der Waals surface area contributed by atoms with Crippen LogP contribution in [0.4, 0.5) is 5.69 Å². The van der Waals surface area contributed by atoms with Crippen LogP contribution in [-0.2, 0) is 11.3 Å². The van der Waals surface area contributed by atoms with Gasteiger partial charge in [0, 0.05) is 18.0 Å². The fourth-order valence-corrected chi connectivity index (χ4v) is 1.75. The Bertz CT molecular complexity index is 626. The van der Waals surface area contributed by atoms with Gasteiger partial charge in [-0.05, 0) is 30.7 Å². The molecule has 0 unspecified atom stereocenters. The highest BCUT2D eigenvalue weighted by Crippen LogP contribution is 2.23. The standard InChI is InChI=1S/C15H16N2O3/c1-10-4-3-7-17-13(10)9-20-14-8-11(16)5-6-12(14)15(18)19-2/h3-8H,9,16H2,1-2H3. The first kappa shape index (κ1) is 13.9. The average molecular weight is 272 g/mol. The van der Waals surface area contributed by atoms with Crippen molar-refractivity contribution in [3.05, 3.63) is 53.3 Å². The van der Waals surface area contributed by atoms with Crippen molar-refractivity contribution in [2.24, 2.45) is 0 Å². The molecule has 0 aliphatic rings. The molecule has 1 aromatic carbocycles. The summed E-state index contributed by atoms with van der Waals surface area (Å²) in [5.41, 5.74) is 8.42. The molecule has 0 fully saturated rings. The third-order valence-electron chi connectivity index (χ3n) is 2.89. The number of nitrogens with zero attached hydrogens (tertiary/aromatic N) is 1. The zero-order valence-electron chi connectivity index (χ0n) is 11.4. The highest BCUT2D eigenvalue weighted by Gasteiger charge is 2.14. The predicted octanol–water partition coefficient (Wildman–Crippen LogP) is 2.34. The predicted molar refractivity (Wildman–Crippen MR) is 75.5 cm³/mol. The van der Waals surface area contributed by atoms with Crippen LogP contribution in [0, 0.1) is 6.92 Å². The van der Waals surface area contributed by atoms with Gasteiger partial charge in [-0.15, -0.1) is 0 Å². The van der Waals surface area contributed by atoms with Crippen LogP contribution < -0.4 is 10.5 Å². The van der Waals surface area contributed by atoms with Crippen molar-refractivity contribution in [2.75, 3.05) is 12.8 Å². The van der Waals surface area contributed by atoms with E-state index in [1.54, 1.807) is 24.4 Å². The lowest BCUT2D eigenvalue weighted by molar-refractivity contribution is 0.0595. The van der Waals surface area contributed by atoms with E-state index in [2.05, 4.69) is 4.98 Å². The summed E-state index contributed by atoms with van der Waals surface area (Å²) < 4.78 is 10.4. The third-order valence-corrected chi connectivity index (χ3v) is 2.89. The van der Waals surface area contributed by atoms with Gasteiger partial charge in [0.1, 0.15) is 17.9 Å². The molecule has 5 heteroatoms. The molecule has 0 aliphatic carbocycles. The molecule has 1 heterocycles. The van der Waals surface area contributed by atoms with Gasteiger partial charge in [0.2, 0.25) is 0 Å². The Morgan fingerprint density at radius 2 is 2.15 bits per heavy atom. The lowest BCUT2D eigenvalue weighted by Crippen LogP contribution is -2.07. The normalized spacial score (nSPS) is 10.1. The molecule has 0 aliphatic heterocycles. The Hall–Kier alpha value is -2.56. The minimum atomic E-state index is -0.460. The summed E-state index contributed by atoms with van der Waals surface area (Å²) in [4.78, 5) is 15.9. The molecule has 0 spiro atoms. The van der Waals surface area contributed by atoms with Crippen molar-refractivity contribution >= 4 is 11.7 Å². The van der Waals surface area contributed by atoms with Crippen molar-refractivity contribution in [2.45, 2.75) is 13.5 Å². The minimum absolute atomic E-state index is 0.264. The first-order chi connectivity index (χ1) is 9.61. The number of carbonyl (C=O) groups excluding carboxylic acids is 1. The van der Waals surface area contributed by atoms with Gasteiger partial charge < -0.3 is 15.2 Å². The first-order valence-corrected chi connectivity index (χ1v) is 6.13. The number of esters is 1. The summed E-state index contributed by atoms with van der Waals surface area (Å²) in [7, 11) is 1.32. The molecule has 0 saturated heterocycles. The quantitative estimate of drug-likeness (QED) is 0.683. The summed E-state index contributed by atoms with van der Waals surface area (Å²) in [5.74, 6) is -0.0698. The summed E-state index contributed by atoms with van der Waals surface area (Å²) in [5, 5.41) is 0. The number of benzene rings is 1. The molecule has 0 radical (unpaired) electrons. The molecule has 1 aromatic heterocycles. The maximum atomic E-state index is 11.7. The third kappa shape index (κ3) is 3.06. The zero-order valence-corrected chi connectivity index (χ0v) is 11.4. The minimum Gasteiger partial charge on any atom is -0.486 e. The summed E-state index contributed by atoms with van der Waals surface area (Å²) >= 11 is 0. The molecule has 0 atom stereocenters. The van der Waals surface area contributed by atoms with E-state index in [1.807, 2.05) is 19.1 Å². The van der Waals surface area contributed by atoms with E-state index < -0.39 is 5.97 Å². The molecule has 104 valence electrons. The molecule has 5 nitrogen and oxygen atoms in total. The van der Waals surface area contributed by atoms with Gasteiger partial charge in [0.05, 0.1) is 12.8 Å². The van der Waals surface area contributed by atoms with Gasteiger partial charge in [0.15, 0.2) is 0 Å². The molecule has 0 amide bonds. The van der Waals surface area contributed by atoms with Crippen molar-refractivity contribution in [3.8, 4) is 5.75 Å². The van der Waals surface area contributed by atoms with Gasteiger partial charge in [-0.1, -0.05) is 6.07 Å². The number of pyridine rings is 1. The Morgan fingerprint density at radius 3 is 2.85 bits per heavy atom. The molecule has 0 saturated carbocycles. The maximum absolute atomic E-state index is 11.7. The van der Waals surface area contributed by atoms with Crippen LogP contribution in [0.1, 0.15) is 21.6 Å². The monoisotopic (exact) mass is 272 g/mol. The van der Waals surface area contributed by atoms with Crippen molar-refractivity contribution in [1.29, 1.82) is 0 Å². The molecular formula is C15H16N2O3. The number of carbonyl (C=O) groups is 1. The second-order valence-corrected chi connectivity index (χ2v) is 4.30. The summed E-state index contributed by atoms with van der Waals surface area (Å²) in [6, 6.07) is 8.63. The highest BCUT2D eigenvalue weighted by atomic mass is 16.5. The van der Waals surface area contributed by atoms with Crippen molar-refractivity contribution < 1.29 is 14.3 Å². The zero-order chi connectivity index (χ0) is 14.5. The van der Waals surface area contributed by atoms with Gasteiger partial charge in [-0.25, -0.2) is 4.79 Å². The Balaban J connectivity index is 2.22. The van der Waals surface area contributed by atoms with E-state index in [4.69, 9.17) is 15.2 Å².